The molecule has 1 heterocycles. The topological polar surface area (TPSA) is 79.9 Å². The molecule has 1 aromatic rings. The number of anilines is 1. The maximum atomic E-state index is 12.3. The van der Waals surface area contributed by atoms with Crippen LogP contribution in [0.2, 0.25) is 0 Å². The Balaban J connectivity index is 1.86. The van der Waals surface area contributed by atoms with Gasteiger partial charge in [-0.3, -0.25) is 0 Å². The van der Waals surface area contributed by atoms with Crippen LogP contribution in [0.4, 0.5) is 15.3 Å². The van der Waals surface area contributed by atoms with Gasteiger partial charge < -0.3 is 14.8 Å². The fourth-order valence-corrected chi connectivity index (χ4v) is 3.24. The lowest BCUT2D eigenvalue weighted by Gasteiger charge is -2.31. The van der Waals surface area contributed by atoms with Gasteiger partial charge in [0.2, 0.25) is 0 Å². The van der Waals surface area contributed by atoms with Crippen molar-refractivity contribution in [3.63, 3.8) is 0 Å². The molecule has 0 saturated heterocycles. The third kappa shape index (κ3) is 2.89. The number of para-hydroxylation sites is 1. The van der Waals surface area contributed by atoms with Crippen molar-refractivity contribution in [3.8, 4) is 0 Å². The zero-order valence-electron chi connectivity index (χ0n) is 13.7. The van der Waals surface area contributed by atoms with Crippen LogP contribution in [0.1, 0.15) is 25.3 Å². The van der Waals surface area contributed by atoms with E-state index in [0.29, 0.717) is 0 Å². The zero-order valence-corrected chi connectivity index (χ0v) is 13.7. The van der Waals surface area contributed by atoms with Crippen molar-refractivity contribution in [1.82, 2.24) is 10.4 Å². The third-order valence-electron chi connectivity index (χ3n) is 4.16. The molecule has 2 aliphatic rings. The largest absolute Gasteiger partial charge is 0.449 e. The van der Waals surface area contributed by atoms with Crippen molar-refractivity contribution in [1.29, 1.82) is 0 Å². The Kier molecular flexibility index (Phi) is 4.59. The third-order valence-corrected chi connectivity index (χ3v) is 4.16. The number of hydrazine groups is 1. The van der Waals surface area contributed by atoms with Crippen LogP contribution in [0.25, 0.3) is 0 Å². The lowest BCUT2D eigenvalue weighted by molar-refractivity contribution is 0.0601. The summed E-state index contributed by atoms with van der Waals surface area (Å²) in [5, 5.41) is 4.64. The molecule has 7 heteroatoms. The summed E-state index contributed by atoms with van der Waals surface area (Å²) in [4.78, 5) is 24.2. The van der Waals surface area contributed by atoms with Gasteiger partial charge in [0.05, 0.1) is 25.3 Å². The molecule has 0 saturated carbocycles. The molecule has 128 valence electrons. The van der Waals surface area contributed by atoms with Crippen LogP contribution in [0.3, 0.4) is 0 Å². The van der Waals surface area contributed by atoms with Crippen LogP contribution in [0.5, 0.6) is 0 Å². The van der Waals surface area contributed by atoms with Crippen LogP contribution in [-0.2, 0) is 9.47 Å². The molecule has 0 spiro atoms. The second-order valence-corrected chi connectivity index (χ2v) is 5.56. The monoisotopic (exact) mass is 331 g/mol. The van der Waals surface area contributed by atoms with Gasteiger partial charge in [-0.05, 0) is 25.5 Å². The first-order chi connectivity index (χ1) is 11.7. The number of ether oxygens (including phenoxy) is 2. The Morgan fingerprint density at radius 3 is 2.67 bits per heavy atom. The summed E-state index contributed by atoms with van der Waals surface area (Å²) in [7, 11) is 0. The van der Waals surface area contributed by atoms with E-state index in [2.05, 4.69) is 10.7 Å². The number of nitrogens with zero attached hydrogens (tertiary/aromatic N) is 1. The van der Waals surface area contributed by atoms with E-state index in [1.54, 1.807) is 13.8 Å². The lowest BCUT2D eigenvalue weighted by Crippen LogP contribution is -2.53. The molecule has 0 fully saturated rings. The van der Waals surface area contributed by atoms with Crippen molar-refractivity contribution in [3.05, 3.63) is 42.0 Å². The van der Waals surface area contributed by atoms with Crippen molar-refractivity contribution in [2.45, 2.75) is 31.8 Å². The Morgan fingerprint density at radius 1 is 1.17 bits per heavy atom. The second-order valence-electron chi connectivity index (χ2n) is 5.56. The van der Waals surface area contributed by atoms with Gasteiger partial charge in [-0.1, -0.05) is 30.4 Å². The average molecular weight is 331 g/mol. The Labute approximate surface area is 140 Å². The summed E-state index contributed by atoms with van der Waals surface area (Å²) in [5.41, 5.74) is 4.66. The number of rotatable bonds is 3. The van der Waals surface area contributed by atoms with Gasteiger partial charge in [0.25, 0.3) is 0 Å². The molecule has 7 nitrogen and oxygen atoms in total. The van der Waals surface area contributed by atoms with Crippen LogP contribution in [-0.4, -0.2) is 42.5 Å². The van der Waals surface area contributed by atoms with Crippen LogP contribution >= 0.6 is 0 Å². The summed E-state index contributed by atoms with van der Waals surface area (Å²) in [6.07, 6.45) is 2.63. The van der Waals surface area contributed by atoms with Gasteiger partial charge in [-0.25, -0.2) is 20.0 Å². The molecule has 1 aliphatic heterocycles. The SMILES string of the molecule is CCOC(=O)NN(C(=O)OCC)[C@H]1C=C[C@H]2Nc3ccccc3[C@H]21. The molecule has 0 aromatic heterocycles. The van der Waals surface area contributed by atoms with Gasteiger partial charge in [0.15, 0.2) is 0 Å². The van der Waals surface area contributed by atoms with E-state index < -0.39 is 12.2 Å². The first-order valence-electron chi connectivity index (χ1n) is 8.08. The molecule has 0 radical (unpaired) electrons. The lowest BCUT2D eigenvalue weighted by atomic mass is 9.93. The minimum atomic E-state index is -0.679. The number of carbonyl (C=O) groups is 2. The van der Waals surface area contributed by atoms with Gasteiger partial charge in [0.1, 0.15) is 0 Å². The molecule has 24 heavy (non-hydrogen) atoms. The van der Waals surface area contributed by atoms with E-state index in [1.807, 2.05) is 36.4 Å². The van der Waals surface area contributed by atoms with Crippen LogP contribution in [0.15, 0.2) is 36.4 Å². The number of amides is 2. The van der Waals surface area contributed by atoms with E-state index in [9.17, 15) is 9.59 Å². The summed E-state index contributed by atoms with van der Waals surface area (Å²) < 4.78 is 10.00. The van der Waals surface area contributed by atoms with Crippen molar-refractivity contribution >= 4 is 17.9 Å². The van der Waals surface area contributed by atoms with E-state index in [4.69, 9.17) is 9.47 Å². The fourth-order valence-electron chi connectivity index (χ4n) is 3.24. The van der Waals surface area contributed by atoms with Crippen molar-refractivity contribution in [2.75, 3.05) is 18.5 Å². The van der Waals surface area contributed by atoms with Crippen LogP contribution < -0.4 is 10.7 Å². The molecule has 2 N–H and O–H groups in total. The highest BCUT2D eigenvalue weighted by molar-refractivity contribution is 5.75. The average Bonchev–Trinajstić information content (AvgIpc) is 3.12. The van der Waals surface area contributed by atoms with E-state index in [-0.39, 0.29) is 31.2 Å². The number of nitrogens with one attached hydrogen (secondary N) is 2. The highest BCUT2D eigenvalue weighted by Crippen LogP contribution is 2.43. The number of fused-ring (bicyclic) bond motifs is 3. The first-order valence-corrected chi connectivity index (χ1v) is 8.08. The molecule has 1 aliphatic carbocycles. The van der Waals surface area contributed by atoms with Gasteiger partial charge in [-0.2, -0.15) is 0 Å². The zero-order chi connectivity index (χ0) is 17.1. The van der Waals surface area contributed by atoms with E-state index >= 15 is 0 Å². The van der Waals surface area contributed by atoms with E-state index in [1.165, 1.54) is 5.01 Å². The number of hydrogen-bond acceptors (Lipinski definition) is 5. The molecular weight excluding hydrogens is 310 g/mol. The molecule has 3 atom stereocenters. The first kappa shape index (κ1) is 16.2. The Hall–Kier alpha value is -2.70. The number of hydrogen-bond donors (Lipinski definition) is 2. The fraction of sp³-hybridized carbons (Fsp3) is 0.412. The predicted octanol–water partition coefficient (Wildman–Crippen LogP) is 2.62. The number of benzene rings is 1. The smallest absolute Gasteiger partial charge is 0.429 e. The predicted molar refractivity (Wildman–Crippen MR) is 88.5 cm³/mol. The maximum absolute atomic E-state index is 12.3. The molecular formula is C17H21N3O4. The highest BCUT2D eigenvalue weighted by atomic mass is 16.6. The Bertz CT molecular complexity index is 661. The minimum Gasteiger partial charge on any atom is -0.449 e. The normalized spacial score (nSPS) is 23.0. The quantitative estimate of drug-likeness (QED) is 0.657. The molecule has 0 bridgehead atoms. The summed E-state index contributed by atoms with van der Waals surface area (Å²) >= 11 is 0. The van der Waals surface area contributed by atoms with Gasteiger partial charge >= 0.3 is 12.2 Å². The number of carbonyl (C=O) groups excluding carboxylic acids is 2. The second kappa shape index (κ2) is 6.82. The minimum absolute atomic E-state index is 0.00697. The maximum Gasteiger partial charge on any atom is 0.429 e. The van der Waals surface area contributed by atoms with E-state index in [0.717, 1.165) is 11.3 Å². The van der Waals surface area contributed by atoms with Crippen molar-refractivity contribution in [2.24, 2.45) is 0 Å². The van der Waals surface area contributed by atoms with Gasteiger partial charge in [-0.15, -0.1) is 0 Å². The van der Waals surface area contributed by atoms with Gasteiger partial charge in [0, 0.05) is 11.6 Å². The summed E-state index contributed by atoms with van der Waals surface area (Å²) in [6.45, 7) is 3.87. The summed E-state index contributed by atoms with van der Waals surface area (Å²) in [5.74, 6) is 0.00697. The molecule has 0 unspecified atom stereocenters. The molecule has 2 amide bonds. The highest BCUT2D eigenvalue weighted by Gasteiger charge is 2.44. The van der Waals surface area contributed by atoms with Crippen molar-refractivity contribution < 1.29 is 19.1 Å². The molecule has 3 rings (SSSR count). The Morgan fingerprint density at radius 2 is 1.92 bits per heavy atom. The summed E-state index contributed by atoms with van der Waals surface area (Å²) in [6, 6.07) is 7.69. The molecule has 1 aromatic carbocycles. The van der Waals surface area contributed by atoms with Crippen LogP contribution in [0, 0.1) is 0 Å². The standard InChI is InChI=1S/C17H21N3O4/c1-3-23-16(21)19-20(17(22)24-4-2)14-10-9-13-15(14)11-7-5-6-8-12(11)18-13/h5-10,13-15,18H,3-4H2,1-2H3,(H,19,21)/t13-,14+,15-/m1/s1.